The molecule has 8 nitrogen and oxygen atoms in total. The number of phenolic OH excluding ortho intramolecular Hbond substituents is 1. The summed E-state index contributed by atoms with van der Waals surface area (Å²) in [6.07, 6.45) is 2.04. The van der Waals surface area contributed by atoms with Crippen molar-refractivity contribution in [3.05, 3.63) is 64.0 Å². The van der Waals surface area contributed by atoms with E-state index in [0.29, 0.717) is 34.6 Å². The molecule has 0 fully saturated rings. The van der Waals surface area contributed by atoms with Gasteiger partial charge in [-0.2, -0.15) is 0 Å². The van der Waals surface area contributed by atoms with Crippen LogP contribution in [0.25, 0.3) is 34.1 Å². The number of nitrogens with zero attached hydrogens (tertiary/aromatic N) is 2. The van der Waals surface area contributed by atoms with Crippen molar-refractivity contribution < 1.29 is 19.4 Å². The molecule has 0 saturated heterocycles. The Balaban J connectivity index is 1.71. The highest BCUT2D eigenvalue weighted by Crippen LogP contribution is 2.40. The van der Waals surface area contributed by atoms with Crippen LogP contribution < -0.4 is 15.1 Å². The molecule has 2 aromatic heterocycles. The first-order valence-corrected chi connectivity index (χ1v) is 11.4. The smallest absolute Gasteiger partial charge is 0.227 e. The van der Waals surface area contributed by atoms with Gasteiger partial charge in [-0.15, -0.1) is 0 Å². The lowest BCUT2D eigenvalue weighted by molar-refractivity contribution is 0.373. The number of phenols is 1. The summed E-state index contributed by atoms with van der Waals surface area (Å²) in [5.74, 6) is 0.695. The molecule has 0 bridgehead atoms. The Kier molecular flexibility index (Phi) is 5.51. The van der Waals surface area contributed by atoms with Gasteiger partial charge in [0, 0.05) is 36.0 Å². The third-order valence-corrected chi connectivity index (χ3v) is 6.66. The number of aromatic nitrogens is 2. The van der Waals surface area contributed by atoms with E-state index in [-0.39, 0.29) is 17.3 Å². The van der Waals surface area contributed by atoms with E-state index in [9.17, 15) is 15.0 Å². The molecular weight excluding hydrogens is 446 g/mol. The maximum atomic E-state index is 12.3. The predicted molar refractivity (Wildman–Crippen MR) is 134 cm³/mol. The summed E-state index contributed by atoms with van der Waals surface area (Å²) < 4.78 is 11.0. The summed E-state index contributed by atoms with van der Waals surface area (Å²) in [6.45, 7) is 3.86. The van der Waals surface area contributed by atoms with Crippen molar-refractivity contribution in [2.24, 2.45) is 0 Å². The maximum Gasteiger partial charge on any atom is 0.227 e. The standard InChI is InChI=1S/C27H27N3O5/c1-14-5-6-16-12-18(7-9-19(16)30(14)3)27-28-23(17-8-10-20(31)22(13-17)34-4)24(29-27)26-25(33)21(32)11-15(2)35-26/h7-14,31,33H,5-6H2,1-4H3,(H,28,29). The molecule has 180 valence electrons. The lowest BCUT2D eigenvalue weighted by Gasteiger charge is -2.34. The molecule has 35 heavy (non-hydrogen) atoms. The number of nitrogens with one attached hydrogen (secondary N) is 1. The third-order valence-electron chi connectivity index (χ3n) is 6.66. The van der Waals surface area contributed by atoms with E-state index in [1.807, 2.05) is 6.07 Å². The fourth-order valence-electron chi connectivity index (χ4n) is 4.55. The van der Waals surface area contributed by atoms with Crippen LogP contribution in [0.2, 0.25) is 0 Å². The molecule has 0 saturated carbocycles. The van der Waals surface area contributed by atoms with E-state index in [0.717, 1.165) is 18.4 Å². The van der Waals surface area contributed by atoms with Crippen molar-refractivity contribution >= 4 is 5.69 Å². The minimum Gasteiger partial charge on any atom is -0.504 e. The second-order valence-electron chi connectivity index (χ2n) is 8.94. The van der Waals surface area contributed by atoms with E-state index in [2.05, 4.69) is 36.0 Å². The van der Waals surface area contributed by atoms with Crippen LogP contribution in [0, 0.1) is 6.92 Å². The Hall–Kier alpha value is -4.20. The van der Waals surface area contributed by atoms with Gasteiger partial charge in [-0.05, 0) is 68.7 Å². The zero-order valence-corrected chi connectivity index (χ0v) is 20.0. The molecule has 5 rings (SSSR count). The van der Waals surface area contributed by atoms with Crippen LogP contribution in [0.4, 0.5) is 5.69 Å². The SMILES string of the molecule is COc1cc(-c2nc(-c3ccc4c(c3)CCC(C)N4C)[nH]c2-c2oc(C)cc(=O)c2O)ccc1O. The molecule has 2 aromatic carbocycles. The second-order valence-corrected chi connectivity index (χ2v) is 8.94. The quantitative estimate of drug-likeness (QED) is 0.388. The zero-order valence-electron chi connectivity index (χ0n) is 20.0. The third kappa shape index (κ3) is 3.90. The van der Waals surface area contributed by atoms with Gasteiger partial charge in [-0.1, -0.05) is 0 Å². The minimum absolute atomic E-state index is 0.00214. The van der Waals surface area contributed by atoms with E-state index < -0.39 is 11.2 Å². The minimum atomic E-state index is -0.542. The molecule has 0 aliphatic carbocycles. The fraction of sp³-hybridized carbons (Fsp3) is 0.259. The van der Waals surface area contributed by atoms with Gasteiger partial charge in [0.1, 0.15) is 23.0 Å². The number of rotatable bonds is 4. The normalized spacial score (nSPS) is 15.2. The highest BCUT2D eigenvalue weighted by Gasteiger charge is 2.24. The van der Waals surface area contributed by atoms with E-state index in [4.69, 9.17) is 14.1 Å². The van der Waals surface area contributed by atoms with Gasteiger partial charge in [-0.3, -0.25) is 4.79 Å². The first-order valence-electron chi connectivity index (χ1n) is 11.4. The first kappa shape index (κ1) is 22.6. The topological polar surface area (TPSA) is 112 Å². The van der Waals surface area contributed by atoms with Crippen LogP contribution in [0.3, 0.4) is 0 Å². The molecule has 0 spiro atoms. The number of imidazole rings is 1. The van der Waals surface area contributed by atoms with E-state index >= 15 is 0 Å². The molecule has 8 heteroatoms. The molecule has 1 unspecified atom stereocenters. The first-order chi connectivity index (χ1) is 16.8. The van der Waals surface area contributed by atoms with Gasteiger partial charge in [0.2, 0.25) is 11.2 Å². The van der Waals surface area contributed by atoms with Gasteiger partial charge >= 0.3 is 0 Å². The molecule has 3 N–H and O–H groups in total. The number of aryl methyl sites for hydroxylation is 2. The van der Waals surface area contributed by atoms with Gasteiger partial charge in [0.05, 0.1) is 7.11 Å². The summed E-state index contributed by atoms with van der Waals surface area (Å²) in [5, 5.41) is 20.6. The molecule has 1 atom stereocenters. The largest absolute Gasteiger partial charge is 0.504 e. The number of ether oxygens (including phenoxy) is 1. The van der Waals surface area contributed by atoms with E-state index in [1.54, 1.807) is 19.1 Å². The van der Waals surface area contributed by atoms with Crippen LogP contribution >= 0.6 is 0 Å². The zero-order chi connectivity index (χ0) is 24.9. The number of anilines is 1. The van der Waals surface area contributed by atoms with Crippen molar-refractivity contribution in [2.45, 2.75) is 32.7 Å². The second kappa shape index (κ2) is 8.54. The van der Waals surface area contributed by atoms with Crippen LogP contribution in [-0.2, 0) is 6.42 Å². The van der Waals surface area contributed by atoms with E-state index in [1.165, 1.54) is 30.5 Å². The number of methoxy groups -OCH3 is 1. The number of aromatic amines is 1. The highest BCUT2D eigenvalue weighted by atomic mass is 16.5. The molecule has 0 amide bonds. The molecule has 1 aliphatic rings. The van der Waals surface area contributed by atoms with Crippen LogP contribution in [0.1, 0.15) is 24.7 Å². The number of hydrogen-bond acceptors (Lipinski definition) is 7. The Morgan fingerprint density at radius 3 is 2.69 bits per heavy atom. The maximum absolute atomic E-state index is 12.3. The molecule has 0 radical (unpaired) electrons. The van der Waals surface area contributed by atoms with Gasteiger partial charge in [-0.25, -0.2) is 4.98 Å². The Morgan fingerprint density at radius 1 is 1.14 bits per heavy atom. The summed E-state index contributed by atoms with van der Waals surface area (Å²) in [7, 11) is 3.57. The van der Waals surface area contributed by atoms with Crippen molar-refractivity contribution in [2.75, 3.05) is 19.1 Å². The Bertz CT molecular complexity index is 1490. The Morgan fingerprint density at radius 2 is 1.91 bits per heavy atom. The van der Waals surface area contributed by atoms with Crippen molar-refractivity contribution in [1.82, 2.24) is 9.97 Å². The van der Waals surface area contributed by atoms with Crippen LogP contribution in [0.15, 0.2) is 51.7 Å². The summed E-state index contributed by atoms with van der Waals surface area (Å²) in [6, 6.07) is 12.8. The average Bonchev–Trinajstić information content (AvgIpc) is 3.29. The monoisotopic (exact) mass is 473 g/mol. The molecular formula is C27H27N3O5. The average molecular weight is 474 g/mol. The summed E-state index contributed by atoms with van der Waals surface area (Å²) in [5.41, 5.74) is 4.19. The Labute approximate surface area is 202 Å². The predicted octanol–water partition coefficient (Wildman–Crippen LogP) is 4.86. The van der Waals surface area contributed by atoms with Crippen molar-refractivity contribution in [3.8, 4) is 51.3 Å². The highest BCUT2D eigenvalue weighted by molar-refractivity contribution is 5.82. The number of H-pyrrole nitrogens is 1. The van der Waals surface area contributed by atoms with Gasteiger partial charge in [0.15, 0.2) is 17.3 Å². The van der Waals surface area contributed by atoms with Gasteiger partial charge < -0.3 is 29.3 Å². The van der Waals surface area contributed by atoms with Crippen molar-refractivity contribution in [1.29, 1.82) is 0 Å². The van der Waals surface area contributed by atoms with Crippen molar-refractivity contribution in [3.63, 3.8) is 0 Å². The lowest BCUT2D eigenvalue weighted by atomic mass is 9.95. The number of fused-ring (bicyclic) bond motifs is 1. The number of aromatic hydroxyl groups is 2. The van der Waals surface area contributed by atoms with Crippen LogP contribution in [-0.4, -0.2) is 40.4 Å². The number of hydrogen-bond donors (Lipinski definition) is 3. The van der Waals surface area contributed by atoms with Crippen LogP contribution in [0.5, 0.6) is 17.2 Å². The van der Waals surface area contributed by atoms with Gasteiger partial charge in [0.25, 0.3) is 0 Å². The summed E-state index contributed by atoms with van der Waals surface area (Å²) in [4.78, 5) is 22.7. The number of benzene rings is 2. The molecule has 4 aromatic rings. The summed E-state index contributed by atoms with van der Waals surface area (Å²) >= 11 is 0. The fourth-order valence-corrected chi connectivity index (χ4v) is 4.55. The lowest BCUT2D eigenvalue weighted by Crippen LogP contribution is -2.33. The molecule has 1 aliphatic heterocycles. The molecule has 3 heterocycles.